The lowest BCUT2D eigenvalue weighted by atomic mass is 10.2. The number of hydrogen-bond donors (Lipinski definition) is 2. The minimum Gasteiger partial charge on any atom is -0.482 e. The number of anilines is 2. The molecule has 1 heterocycles. The van der Waals surface area contributed by atoms with Crippen LogP contribution >= 0.6 is 0 Å². The van der Waals surface area contributed by atoms with E-state index in [9.17, 15) is 18.3 Å². The molecule has 1 amide bonds. The van der Waals surface area contributed by atoms with Crippen LogP contribution in [0.1, 0.15) is 0 Å². The number of carbonyl (C=O) groups is 1. The zero-order valence-electron chi connectivity index (χ0n) is 12.7. The zero-order valence-corrected chi connectivity index (χ0v) is 13.5. The Bertz CT molecular complexity index is 852. The number of nitrogens with one attached hydrogen (secondary N) is 1. The van der Waals surface area contributed by atoms with Gasteiger partial charge in [-0.3, -0.25) is 9.10 Å². The Morgan fingerprint density at radius 3 is 2.62 bits per heavy atom. The van der Waals surface area contributed by atoms with Crippen molar-refractivity contribution in [2.75, 3.05) is 29.4 Å². The van der Waals surface area contributed by atoms with Gasteiger partial charge in [-0.25, -0.2) is 8.42 Å². The minimum atomic E-state index is -3.90. The van der Waals surface area contributed by atoms with Crippen LogP contribution in [-0.4, -0.2) is 39.2 Å². The Balaban J connectivity index is 2.02. The maximum absolute atomic E-state index is 13.0. The van der Waals surface area contributed by atoms with E-state index in [4.69, 9.17) is 4.74 Å². The number of benzene rings is 2. The van der Waals surface area contributed by atoms with E-state index in [0.29, 0.717) is 17.1 Å². The Kier molecular flexibility index (Phi) is 4.41. The number of amides is 1. The third kappa shape index (κ3) is 3.06. The summed E-state index contributed by atoms with van der Waals surface area (Å²) >= 11 is 0. The van der Waals surface area contributed by atoms with Gasteiger partial charge >= 0.3 is 0 Å². The lowest BCUT2D eigenvalue weighted by Crippen LogP contribution is -2.34. The summed E-state index contributed by atoms with van der Waals surface area (Å²) in [7, 11) is -3.90. The van der Waals surface area contributed by atoms with Crippen molar-refractivity contribution in [3.63, 3.8) is 0 Å². The van der Waals surface area contributed by atoms with Crippen molar-refractivity contribution in [3.8, 4) is 5.75 Å². The molecule has 0 saturated heterocycles. The van der Waals surface area contributed by atoms with Crippen LogP contribution < -0.4 is 14.4 Å². The molecular weight excluding hydrogens is 332 g/mol. The van der Waals surface area contributed by atoms with Crippen LogP contribution in [0.15, 0.2) is 53.4 Å². The number of para-hydroxylation sites is 1. The van der Waals surface area contributed by atoms with E-state index >= 15 is 0 Å². The van der Waals surface area contributed by atoms with Gasteiger partial charge in [0.25, 0.3) is 15.9 Å². The third-order valence-electron chi connectivity index (χ3n) is 3.52. The smallest absolute Gasteiger partial charge is 0.264 e. The first-order valence-corrected chi connectivity index (χ1v) is 8.72. The highest BCUT2D eigenvalue weighted by atomic mass is 32.2. The summed E-state index contributed by atoms with van der Waals surface area (Å²) in [6.45, 7) is -0.495. The second-order valence-corrected chi connectivity index (χ2v) is 6.99. The molecule has 0 aliphatic carbocycles. The summed E-state index contributed by atoms with van der Waals surface area (Å²) in [5.74, 6) is 0.0780. The molecule has 2 N–H and O–H groups in total. The van der Waals surface area contributed by atoms with E-state index in [0.717, 1.165) is 4.31 Å². The first kappa shape index (κ1) is 16.3. The lowest BCUT2D eigenvalue weighted by molar-refractivity contribution is -0.118. The maximum Gasteiger partial charge on any atom is 0.264 e. The first-order chi connectivity index (χ1) is 11.5. The predicted octanol–water partition coefficient (Wildman–Crippen LogP) is 1.21. The van der Waals surface area contributed by atoms with Gasteiger partial charge in [0.2, 0.25) is 0 Å². The van der Waals surface area contributed by atoms with E-state index in [-0.39, 0.29) is 30.6 Å². The molecule has 0 bridgehead atoms. The van der Waals surface area contributed by atoms with Gasteiger partial charge in [0, 0.05) is 0 Å². The van der Waals surface area contributed by atoms with E-state index in [2.05, 4.69) is 5.32 Å². The van der Waals surface area contributed by atoms with Crippen molar-refractivity contribution >= 4 is 27.3 Å². The number of aliphatic hydroxyl groups is 1. The number of ether oxygens (including phenoxy) is 1. The lowest BCUT2D eigenvalue weighted by Gasteiger charge is -2.25. The predicted molar refractivity (Wildman–Crippen MR) is 88.6 cm³/mol. The fraction of sp³-hybridized carbons (Fsp3) is 0.188. The molecule has 2 aromatic carbocycles. The topological polar surface area (TPSA) is 95.9 Å². The highest BCUT2D eigenvalue weighted by Crippen LogP contribution is 2.32. The fourth-order valence-electron chi connectivity index (χ4n) is 2.42. The summed E-state index contributed by atoms with van der Waals surface area (Å²) in [4.78, 5) is 11.4. The molecule has 7 nitrogen and oxygen atoms in total. The summed E-state index contributed by atoms with van der Waals surface area (Å²) in [6.07, 6.45) is 0. The van der Waals surface area contributed by atoms with Crippen molar-refractivity contribution in [2.45, 2.75) is 4.90 Å². The SMILES string of the molecule is O=C1COc2ccc(S(=O)(=O)N(CCO)c3ccccc3)cc2N1. The highest BCUT2D eigenvalue weighted by molar-refractivity contribution is 7.92. The quantitative estimate of drug-likeness (QED) is 0.847. The summed E-state index contributed by atoms with van der Waals surface area (Å²) in [5, 5.41) is 11.8. The second kappa shape index (κ2) is 6.50. The normalized spacial score (nSPS) is 13.6. The minimum absolute atomic E-state index is 0.00403. The molecule has 0 saturated carbocycles. The molecule has 0 aromatic heterocycles. The average molecular weight is 348 g/mol. The van der Waals surface area contributed by atoms with Crippen LogP contribution in [0.5, 0.6) is 5.75 Å². The Morgan fingerprint density at radius 2 is 1.92 bits per heavy atom. The maximum atomic E-state index is 13.0. The van der Waals surface area contributed by atoms with Gasteiger partial charge < -0.3 is 15.2 Å². The average Bonchev–Trinajstić information content (AvgIpc) is 2.59. The molecule has 1 aliphatic rings. The standard InChI is InChI=1S/C16H16N2O5S/c19-9-8-18(12-4-2-1-3-5-12)24(21,22)13-6-7-15-14(10-13)17-16(20)11-23-15/h1-7,10,19H,8-9,11H2,(H,17,20). The van der Waals surface area contributed by atoms with Crippen LogP contribution in [0.25, 0.3) is 0 Å². The van der Waals surface area contributed by atoms with Crippen molar-refractivity contribution < 1.29 is 23.1 Å². The molecule has 0 radical (unpaired) electrons. The van der Waals surface area contributed by atoms with Crippen LogP contribution in [0, 0.1) is 0 Å². The van der Waals surface area contributed by atoms with E-state index in [1.54, 1.807) is 30.3 Å². The van der Waals surface area contributed by atoms with Crippen LogP contribution in [0.2, 0.25) is 0 Å². The first-order valence-electron chi connectivity index (χ1n) is 7.28. The molecule has 0 atom stereocenters. The van der Waals surface area contributed by atoms with Gasteiger partial charge in [0.05, 0.1) is 29.4 Å². The van der Waals surface area contributed by atoms with Crippen molar-refractivity contribution in [1.29, 1.82) is 0 Å². The molecule has 3 rings (SSSR count). The van der Waals surface area contributed by atoms with E-state index in [1.807, 2.05) is 0 Å². The molecule has 8 heteroatoms. The molecule has 126 valence electrons. The fourth-order valence-corrected chi connectivity index (χ4v) is 3.91. The van der Waals surface area contributed by atoms with Gasteiger partial charge in [0.15, 0.2) is 6.61 Å². The number of nitrogens with zero attached hydrogens (tertiary/aromatic N) is 1. The summed E-state index contributed by atoms with van der Waals surface area (Å²) < 4.78 is 32.3. The number of aliphatic hydroxyl groups excluding tert-OH is 1. The van der Waals surface area contributed by atoms with Crippen molar-refractivity contribution in [2.24, 2.45) is 0 Å². The van der Waals surface area contributed by atoms with Crippen molar-refractivity contribution in [3.05, 3.63) is 48.5 Å². The molecule has 1 aliphatic heterocycles. The number of rotatable bonds is 5. The number of fused-ring (bicyclic) bond motifs is 1. The Labute approximate surface area is 139 Å². The number of hydrogen-bond acceptors (Lipinski definition) is 5. The summed E-state index contributed by atoms with van der Waals surface area (Å²) in [6, 6.07) is 12.8. The molecule has 0 unspecified atom stereocenters. The van der Waals surface area contributed by atoms with Gasteiger partial charge in [-0.2, -0.15) is 0 Å². The van der Waals surface area contributed by atoms with Crippen molar-refractivity contribution in [1.82, 2.24) is 0 Å². The third-order valence-corrected chi connectivity index (χ3v) is 5.34. The van der Waals surface area contributed by atoms with Crippen LogP contribution in [-0.2, 0) is 14.8 Å². The summed E-state index contributed by atoms with van der Waals surface area (Å²) in [5.41, 5.74) is 0.758. The molecular formula is C16H16N2O5S. The largest absolute Gasteiger partial charge is 0.482 e. The zero-order chi connectivity index (χ0) is 17.2. The van der Waals surface area contributed by atoms with E-state index in [1.165, 1.54) is 18.2 Å². The van der Waals surface area contributed by atoms with Gasteiger partial charge in [0.1, 0.15) is 5.75 Å². The van der Waals surface area contributed by atoms with Crippen LogP contribution in [0.4, 0.5) is 11.4 Å². The van der Waals surface area contributed by atoms with Gasteiger partial charge in [-0.15, -0.1) is 0 Å². The van der Waals surface area contributed by atoms with Gasteiger partial charge in [-0.1, -0.05) is 18.2 Å². The molecule has 2 aromatic rings. The molecule has 24 heavy (non-hydrogen) atoms. The van der Waals surface area contributed by atoms with E-state index < -0.39 is 10.0 Å². The monoisotopic (exact) mass is 348 g/mol. The van der Waals surface area contributed by atoms with Gasteiger partial charge in [-0.05, 0) is 30.3 Å². The Hall–Kier alpha value is -2.58. The number of sulfonamides is 1. The Morgan fingerprint density at radius 1 is 1.17 bits per heavy atom. The number of carbonyl (C=O) groups excluding carboxylic acids is 1. The second-order valence-electron chi connectivity index (χ2n) is 5.13. The molecule has 0 spiro atoms. The molecule has 0 fully saturated rings. The highest BCUT2D eigenvalue weighted by Gasteiger charge is 2.27. The van der Waals surface area contributed by atoms with Crippen LogP contribution in [0.3, 0.4) is 0 Å².